The summed E-state index contributed by atoms with van der Waals surface area (Å²) in [4.78, 5) is 0.942. The monoisotopic (exact) mass is 443 g/mol. The maximum absolute atomic E-state index is 13.1. The van der Waals surface area contributed by atoms with E-state index in [2.05, 4.69) is 4.40 Å². The number of hydrogen-bond donors (Lipinski definition) is 3. The van der Waals surface area contributed by atoms with Crippen LogP contribution < -0.4 is 4.90 Å². The Morgan fingerprint density at radius 2 is 1.87 bits per heavy atom. The van der Waals surface area contributed by atoms with Crippen molar-refractivity contribution in [3.63, 3.8) is 0 Å². The minimum absolute atomic E-state index is 0.0720. The lowest BCUT2D eigenvalue weighted by atomic mass is 9.86. The summed E-state index contributed by atoms with van der Waals surface area (Å²) >= 11 is 0. The Morgan fingerprint density at radius 3 is 2.55 bits per heavy atom. The Bertz CT molecular complexity index is 1140. The fourth-order valence-electron chi connectivity index (χ4n) is 4.09. The van der Waals surface area contributed by atoms with Gasteiger partial charge in [0, 0.05) is 17.2 Å². The number of nitrogens with zero attached hydrogens (tertiary/aromatic N) is 1. The quantitative estimate of drug-likeness (QED) is 0.639. The molecule has 164 valence electrons. The van der Waals surface area contributed by atoms with Gasteiger partial charge in [-0.1, -0.05) is 50.2 Å². The molecule has 2 aliphatic rings. The van der Waals surface area contributed by atoms with Gasteiger partial charge in [0.2, 0.25) is 0 Å². The van der Waals surface area contributed by atoms with E-state index >= 15 is 0 Å². The standard InChI is InChI=1S/C23H26N2O5S/c1-16(2)17-7-9-18(10-8-17)31(28,29)24-21-15-22-23(27,20-6-4-3-5-19(20)21)30-14-12-25(22)11-13-26/h3-10,15-16,26-27H,11-14H2,1-2H3/p+1/t23-/m1/s1. The highest BCUT2D eigenvalue weighted by Crippen LogP contribution is 2.36. The zero-order valence-electron chi connectivity index (χ0n) is 17.6. The van der Waals surface area contributed by atoms with Gasteiger partial charge in [-0.2, -0.15) is 12.8 Å². The number of benzene rings is 2. The van der Waals surface area contributed by atoms with Crippen LogP contribution in [0.5, 0.6) is 0 Å². The molecule has 0 spiro atoms. The third-order valence-electron chi connectivity index (χ3n) is 5.79. The molecule has 2 aromatic rings. The van der Waals surface area contributed by atoms with Gasteiger partial charge in [-0.25, -0.2) is 0 Å². The molecule has 2 atom stereocenters. The second-order valence-corrected chi connectivity index (χ2v) is 9.70. The van der Waals surface area contributed by atoms with E-state index in [0.29, 0.717) is 42.4 Å². The molecule has 8 heteroatoms. The zero-order chi connectivity index (χ0) is 22.2. The minimum atomic E-state index is -3.97. The fourth-order valence-corrected chi connectivity index (χ4v) is 5.09. The van der Waals surface area contributed by atoms with Crippen molar-refractivity contribution in [2.75, 3.05) is 26.3 Å². The van der Waals surface area contributed by atoms with Crippen LogP contribution in [0.2, 0.25) is 0 Å². The smallest absolute Gasteiger partial charge is 0.282 e. The largest absolute Gasteiger partial charge is 0.391 e. The van der Waals surface area contributed by atoms with Crippen LogP contribution in [-0.2, 0) is 20.5 Å². The number of quaternary nitrogens is 1. The first-order valence-electron chi connectivity index (χ1n) is 10.4. The predicted molar refractivity (Wildman–Crippen MR) is 116 cm³/mol. The Hall–Kier alpha value is -2.36. The van der Waals surface area contributed by atoms with Crippen molar-refractivity contribution in [2.45, 2.75) is 30.4 Å². The molecule has 1 aliphatic heterocycles. The van der Waals surface area contributed by atoms with E-state index in [9.17, 15) is 18.6 Å². The van der Waals surface area contributed by atoms with Crippen LogP contribution in [0.4, 0.5) is 0 Å². The molecule has 1 aliphatic carbocycles. The van der Waals surface area contributed by atoms with Gasteiger partial charge >= 0.3 is 0 Å². The lowest BCUT2D eigenvalue weighted by Crippen LogP contribution is -3.14. The van der Waals surface area contributed by atoms with Gasteiger partial charge in [0.1, 0.15) is 19.7 Å². The Labute approximate surface area is 182 Å². The highest BCUT2D eigenvalue weighted by Gasteiger charge is 2.49. The van der Waals surface area contributed by atoms with Crippen LogP contribution in [0.1, 0.15) is 36.5 Å². The van der Waals surface area contributed by atoms with Crippen LogP contribution in [0.15, 0.2) is 69.6 Å². The van der Waals surface area contributed by atoms with Crippen molar-refractivity contribution in [1.29, 1.82) is 0 Å². The molecule has 3 N–H and O–H groups in total. The minimum Gasteiger partial charge on any atom is -0.391 e. The summed E-state index contributed by atoms with van der Waals surface area (Å²) in [6.45, 7) is 5.25. The molecule has 0 radical (unpaired) electrons. The Kier molecular flexibility index (Phi) is 5.85. The van der Waals surface area contributed by atoms with E-state index in [1.54, 1.807) is 54.6 Å². The highest BCUT2D eigenvalue weighted by atomic mass is 32.2. The van der Waals surface area contributed by atoms with Crippen LogP contribution in [-0.4, -0.2) is 50.6 Å². The number of sulfonamides is 1. The number of aliphatic hydroxyl groups is 2. The van der Waals surface area contributed by atoms with Crippen molar-refractivity contribution < 1.29 is 28.3 Å². The molecule has 2 aromatic carbocycles. The molecule has 7 nitrogen and oxygen atoms in total. The van der Waals surface area contributed by atoms with Crippen molar-refractivity contribution in [3.8, 4) is 0 Å². The zero-order valence-corrected chi connectivity index (χ0v) is 18.4. The molecule has 31 heavy (non-hydrogen) atoms. The first kappa shape index (κ1) is 21.9. The van der Waals surface area contributed by atoms with Gasteiger partial charge in [-0.05, 0) is 23.6 Å². The molecule has 0 amide bonds. The van der Waals surface area contributed by atoms with Gasteiger partial charge < -0.3 is 14.9 Å². The summed E-state index contributed by atoms with van der Waals surface area (Å²) in [5, 5.41) is 20.8. The number of allylic oxidation sites excluding steroid dienone is 1. The molecule has 0 saturated carbocycles. The molecular weight excluding hydrogens is 416 g/mol. The fraction of sp³-hybridized carbons (Fsp3) is 0.348. The van der Waals surface area contributed by atoms with E-state index < -0.39 is 15.8 Å². The van der Waals surface area contributed by atoms with Crippen molar-refractivity contribution in [3.05, 3.63) is 77.0 Å². The van der Waals surface area contributed by atoms with Gasteiger partial charge in [0.15, 0.2) is 5.70 Å². The maximum Gasteiger partial charge on any atom is 0.282 e. The van der Waals surface area contributed by atoms with Gasteiger partial charge in [0.25, 0.3) is 15.8 Å². The molecule has 1 heterocycles. The predicted octanol–water partition coefficient (Wildman–Crippen LogP) is 0.938. The molecule has 0 aromatic heterocycles. The van der Waals surface area contributed by atoms with Crippen LogP contribution in [0, 0.1) is 0 Å². The van der Waals surface area contributed by atoms with E-state index in [1.807, 2.05) is 13.8 Å². The summed E-state index contributed by atoms with van der Waals surface area (Å²) in [5.74, 6) is -1.39. The second kappa shape index (κ2) is 8.29. The molecular formula is C23H27N2O5S+. The number of aliphatic hydroxyl groups excluding tert-OH is 1. The normalized spacial score (nSPS) is 24.6. The van der Waals surface area contributed by atoms with Gasteiger partial charge in [-0.3, -0.25) is 4.90 Å². The summed E-state index contributed by atoms with van der Waals surface area (Å²) in [6.07, 6.45) is 1.58. The van der Waals surface area contributed by atoms with E-state index in [0.717, 1.165) is 10.5 Å². The number of rotatable bonds is 5. The summed E-state index contributed by atoms with van der Waals surface area (Å²) in [6, 6.07) is 13.7. The SMILES string of the molecule is CC(C)c1ccc(S(=O)(=O)N=C2C=C3[NH+](CCO)CCO[C@]3(O)c3ccccc32)cc1. The molecule has 1 saturated heterocycles. The molecule has 1 unspecified atom stereocenters. The number of ether oxygens (including phenoxy) is 1. The van der Waals surface area contributed by atoms with Crippen molar-refractivity contribution in [2.24, 2.45) is 4.40 Å². The molecule has 0 bridgehead atoms. The number of fused-ring (bicyclic) bond motifs is 3. The maximum atomic E-state index is 13.1. The molecule has 4 rings (SSSR count). The van der Waals surface area contributed by atoms with E-state index in [1.165, 1.54) is 0 Å². The summed E-state index contributed by atoms with van der Waals surface area (Å²) in [5.41, 5.74) is 2.69. The average molecular weight is 444 g/mol. The number of morpholine rings is 1. The first-order valence-corrected chi connectivity index (χ1v) is 11.8. The van der Waals surface area contributed by atoms with Crippen molar-refractivity contribution in [1.82, 2.24) is 0 Å². The first-order chi connectivity index (χ1) is 14.8. The number of hydrogen-bond acceptors (Lipinski definition) is 5. The van der Waals surface area contributed by atoms with Crippen LogP contribution in [0.3, 0.4) is 0 Å². The lowest BCUT2D eigenvalue weighted by Gasteiger charge is -2.41. The van der Waals surface area contributed by atoms with Gasteiger partial charge in [-0.15, -0.1) is 0 Å². The van der Waals surface area contributed by atoms with Crippen molar-refractivity contribution >= 4 is 15.7 Å². The summed E-state index contributed by atoms with van der Waals surface area (Å²) in [7, 11) is -3.97. The van der Waals surface area contributed by atoms with Crippen LogP contribution >= 0.6 is 0 Å². The second-order valence-electron chi connectivity index (χ2n) is 8.10. The van der Waals surface area contributed by atoms with Crippen LogP contribution in [0.25, 0.3) is 0 Å². The Morgan fingerprint density at radius 1 is 1.16 bits per heavy atom. The summed E-state index contributed by atoms with van der Waals surface area (Å²) < 4.78 is 36.1. The number of nitrogens with one attached hydrogen (secondary N) is 1. The van der Waals surface area contributed by atoms with Gasteiger partial charge in [0.05, 0.1) is 17.2 Å². The molecule has 1 fully saturated rings. The highest BCUT2D eigenvalue weighted by molar-refractivity contribution is 7.90. The third kappa shape index (κ3) is 3.97. The topological polar surface area (TPSA) is 101 Å². The van der Waals surface area contributed by atoms with E-state index in [-0.39, 0.29) is 17.2 Å². The Balaban J connectivity index is 1.83. The lowest BCUT2D eigenvalue weighted by molar-refractivity contribution is -0.882. The third-order valence-corrected chi connectivity index (χ3v) is 7.09. The average Bonchev–Trinajstić information content (AvgIpc) is 2.75. The van der Waals surface area contributed by atoms with E-state index in [4.69, 9.17) is 4.74 Å².